The second-order valence-electron chi connectivity index (χ2n) is 10.8. The molecular formula is C30H44FN5O4. The van der Waals surface area contributed by atoms with E-state index < -0.39 is 17.9 Å². The van der Waals surface area contributed by atoms with E-state index in [4.69, 9.17) is 15.9 Å². The summed E-state index contributed by atoms with van der Waals surface area (Å²) in [5, 5.41) is 2.70. The van der Waals surface area contributed by atoms with Crippen molar-refractivity contribution in [3.8, 4) is 12.3 Å². The van der Waals surface area contributed by atoms with Gasteiger partial charge in [0.15, 0.2) is 22.6 Å². The number of imidazole rings is 1. The number of unbranched alkanes of at least 4 members (excludes halogenated alkanes) is 10. The Kier molecular flexibility index (Phi) is 12.3. The molecule has 3 heterocycles. The summed E-state index contributed by atoms with van der Waals surface area (Å²) in [6.07, 6.45) is 19.9. The van der Waals surface area contributed by atoms with E-state index in [1.165, 1.54) is 57.7 Å². The number of carbonyl (C=O) groups is 2. The number of hydrogen-bond acceptors (Lipinski definition) is 7. The fourth-order valence-corrected chi connectivity index (χ4v) is 5.09. The molecule has 1 aliphatic heterocycles. The van der Waals surface area contributed by atoms with Crippen LogP contribution in [0.15, 0.2) is 6.33 Å². The summed E-state index contributed by atoms with van der Waals surface area (Å²) in [7, 11) is 0. The average Bonchev–Trinajstić information content (AvgIpc) is 3.51. The van der Waals surface area contributed by atoms with Gasteiger partial charge in [-0.2, -0.15) is 14.4 Å². The van der Waals surface area contributed by atoms with E-state index >= 15 is 0 Å². The normalized spacial score (nSPS) is 20.5. The summed E-state index contributed by atoms with van der Waals surface area (Å²) >= 11 is 0. The fourth-order valence-electron chi connectivity index (χ4n) is 5.09. The van der Waals surface area contributed by atoms with Crippen molar-refractivity contribution in [3.63, 3.8) is 0 Å². The van der Waals surface area contributed by atoms with Gasteiger partial charge in [0.1, 0.15) is 12.8 Å². The van der Waals surface area contributed by atoms with Crippen LogP contribution >= 0.6 is 0 Å². The minimum absolute atomic E-state index is 0.0282. The standard InChI is InChI=1S/C30H44FN5O4/c1-5-8-9-10-11-12-13-14-15-16-17-18-23(37)33-27-26-28(35-29(31)34-27)36(21-32-26)24-19-22(4)30(7-3,40-24)20-39-25(38)6-2/h3,21-22,24H,5-6,8-20H2,1-2,4H3,(H,33,34,35,37)/t22-,24+,30+/m0/s1. The van der Waals surface area contributed by atoms with Crippen LogP contribution in [-0.2, 0) is 19.1 Å². The van der Waals surface area contributed by atoms with Crippen LogP contribution in [0.3, 0.4) is 0 Å². The molecule has 1 fully saturated rings. The molecular weight excluding hydrogens is 513 g/mol. The number of nitrogens with zero attached hydrogens (tertiary/aromatic N) is 4. The van der Waals surface area contributed by atoms with Crippen molar-refractivity contribution >= 4 is 28.9 Å². The van der Waals surface area contributed by atoms with Crippen LogP contribution in [0.5, 0.6) is 0 Å². The Hall–Kier alpha value is -3.06. The zero-order valence-electron chi connectivity index (χ0n) is 24.2. The summed E-state index contributed by atoms with van der Waals surface area (Å²) in [4.78, 5) is 36.3. The molecule has 0 aliphatic carbocycles. The fraction of sp³-hybridized carbons (Fsp3) is 0.700. The van der Waals surface area contributed by atoms with Crippen LogP contribution in [0.1, 0.15) is 117 Å². The number of anilines is 1. The predicted molar refractivity (Wildman–Crippen MR) is 152 cm³/mol. The molecule has 3 rings (SSSR count). The Morgan fingerprint density at radius 1 is 1.12 bits per heavy atom. The lowest BCUT2D eigenvalue weighted by Gasteiger charge is -2.27. The summed E-state index contributed by atoms with van der Waals surface area (Å²) < 4.78 is 27.5. The third kappa shape index (κ3) is 8.47. The highest BCUT2D eigenvalue weighted by Gasteiger charge is 2.47. The van der Waals surface area contributed by atoms with Gasteiger partial charge in [0.05, 0.1) is 6.33 Å². The molecule has 2 aromatic rings. The lowest BCUT2D eigenvalue weighted by Crippen LogP contribution is -2.38. The van der Waals surface area contributed by atoms with Gasteiger partial charge in [0.2, 0.25) is 5.91 Å². The van der Waals surface area contributed by atoms with E-state index in [2.05, 4.69) is 33.1 Å². The van der Waals surface area contributed by atoms with E-state index in [0.717, 1.165) is 19.3 Å². The second-order valence-corrected chi connectivity index (χ2v) is 10.8. The van der Waals surface area contributed by atoms with Crippen molar-refractivity contribution in [1.82, 2.24) is 19.5 Å². The number of ether oxygens (including phenoxy) is 2. The molecule has 2 aromatic heterocycles. The first-order chi connectivity index (χ1) is 19.3. The highest BCUT2D eigenvalue weighted by Crippen LogP contribution is 2.42. The van der Waals surface area contributed by atoms with Crippen LogP contribution in [0.4, 0.5) is 10.2 Å². The summed E-state index contributed by atoms with van der Waals surface area (Å²) in [6, 6.07) is 0. The van der Waals surface area contributed by atoms with Crippen molar-refractivity contribution in [2.75, 3.05) is 11.9 Å². The number of hydrogen-bond donors (Lipinski definition) is 1. The Morgan fingerprint density at radius 2 is 1.77 bits per heavy atom. The molecule has 0 bridgehead atoms. The highest BCUT2D eigenvalue weighted by molar-refractivity contribution is 5.96. The Balaban J connectivity index is 1.53. The van der Waals surface area contributed by atoms with Gasteiger partial charge in [-0.1, -0.05) is 90.9 Å². The van der Waals surface area contributed by atoms with Crippen molar-refractivity contribution in [2.24, 2.45) is 5.92 Å². The molecule has 0 aromatic carbocycles. The van der Waals surface area contributed by atoms with Gasteiger partial charge in [-0.15, -0.1) is 6.42 Å². The first kappa shape index (κ1) is 31.5. The average molecular weight is 558 g/mol. The van der Waals surface area contributed by atoms with Crippen molar-refractivity contribution < 1.29 is 23.5 Å². The molecule has 0 unspecified atom stereocenters. The van der Waals surface area contributed by atoms with E-state index in [0.29, 0.717) is 12.8 Å². The van der Waals surface area contributed by atoms with Crippen LogP contribution in [-0.4, -0.2) is 43.6 Å². The van der Waals surface area contributed by atoms with Gasteiger partial charge in [-0.05, 0) is 12.8 Å². The monoisotopic (exact) mass is 557 g/mol. The molecule has 3 atom stereocenters. The number of rotatable bonds is 17. The van der Waals surface area contributed by atoms with Gasteiger partial charge in [-0.25, -0.2) is 4.98 Å². The van der Waals surface area contributed by atoms with Gasteiger partial charge in [0.25, 0.3) is 0 Å². The van der Waals surface area contributed by atoms with E-state index in [-0.39, 0.29) is 47.8 Å². The van der Waals surface area contributed by atoms with Crippen LogP contribution in [0.2, 0.25) is 0 Å². The second kappa shape index (κ2) is 15.7. The maximum absolute atomic E-state index is 14.4. The molecule has 220 valence electrons. The lowest BCUT2D eigenvalue weighted by molar-refractivity contribution is -0.153. The number of carbonyl (C=O) groups excluding carboxylic acids is 2. The zero-order chi connectivity index (χ0) is 29.0. The number of amides is 1. The number of nitrogens with one attached hydrogen (secondary N) is 1. The lowest BCUT2D eigenvalue weighted by atomic mass is 9.90. The van der Waals surface area contributed by atoms with E-state index in [9.17, 15) is 14.0 Å². The molecule has 1 saturated heterocycles. The van der Waals surface area contributed by atoms with Crippen LogP contribution < -0.4 is 5.32 Å². The molecule has 0 radical (unpaired) electrons. The minimum Gasteiger partial charge on any atom is -0.462 e. The SMILES string of the molecule is C#C[C@]1(COC(=O)CC)O[C@@H](n2cnc3c(NC(=O)CCCCCCCCCCCCC)nc(F)nc32)C[C@@H]1C. The third-order valence-corrected chi connectivity index (χ3v) is 7.65. The van der Waals surface area contributed by atoms with Gasteiger partial charge >= 0.3 is 12.0 Å². The molecule has 1 amide bonds. The van der Waals surface area contributed by atoms with Crippen molar-refractivity contribution in [2.45, 2.75) is 122 Å². The Morgan fingerprint density at radius 3 is 2.40 bits per heavy atom. The van der Waals surface area contributed by atoms with E-state index in [1.807, 2.05) is 6.92 Å². The van der Waals surface area contributed by atoms with Gasteiger partial charge in [0, 0.05) is 18.8 Å². The first-order valence-corrected chi connectivity index (χ1v) is 14.8. The minimum atomic E-state index is -1.12. The molecule has 40 heavy (non-hydrogen) atoms. The predicted octanol–water partition coefficient (Wildman–Crippen LogP) is 6.49. The maximum atomic E-state index is 14.4. The topological polar surface area (TPSA) is 108 Å². The van der Waals surface area contributed by atoms with Crippen molar-refractivity contribution in [3.05, 3.63) is 12.4 Å². The third-order valence-electron chi connectivity index (χ3n) is 7.65. The van der Waals surface area contributed by atoms with Crippen LogP contribution in [0.25, 0.3) is 11.2 Å². The molecule has 1 N–H and O–H groups in total. The molecule has 0 spiro atoms. The van der Waals surface area contributed by atoms with Gasteiger partial charge < -0.3 is 14.8 Å². The molecule has 0 saturated carbocycles. The number of esters is 1. The summed E-state index contributed by atoms with van der Waals surface area (Å²) in [5.41, 5.74) is -0.669. The smallest absolute Gasteiger partial charge is 0.312 e. The number of aromatic nitrogens is 4. The van der Waals surface area contributed by atoms with Gasteiger partial charge in [-0.3, -0.25) is 14.2 Å². The molecule has 1 aliphatic rings. The first-order valence-electron chi connectivity index (χ1n) is 14.8. The van der Waals surface area contributed by atoms with Crippen LogP contribution in [0, 0.1) is 24.3 Å². The Labute approximate surface area is 237 Å². The maximum Gasteiger partial charge on any atom is 0.312 e. The van der Waals surface area contributed by atoms with Crippen molar-refractivity contribution in [1.29, 1.82) is 0 Å². The highest BCUT2D eigenvalue weighted by atomic mass is 19.1. The quantitative estimate of drug-likeness (QED) is 0.103. The number of halogens is 1. The van der Waals surface area contributed by atoms with E-state index in [1.54, 1.807) is 11.5 Å². The molecule has 9 nitrogen and oxygen atoms in total. The summed E-state index contributed by atoms with van der Waals surface area (Å²) in [5.74, 6) is 1.92. The largest absolute Gasteiger partial charge is 0.462 e. The number of fused-ring (bicyclic) bond motifs is 1. The molecule has 10 heteroatoms. The summed E-state index contributed by atoms with van der Waals surface area (Å²) in [6.45, 7) is 5.76. The Bertz CT molecular complexity index is 1160. The zero-order valence-corrected chi connectivity index (χ0v) is 24.2. The number of terminal acetylenes is 1.